The first-order chi connectivity index (χ1) is 7.54. The Balaban J connectivity index is 2.17. The van der Waals surface area contributed by atoms with Gasteiger partial charge in [-0.2, -0.15) is 0 Å². The van der Waals surface area contributed by atoms with Crippen LogP contribution in [-0.2, 0) is 6.42 Å². The van der Waals surface area contributed by atoms with Crippen molar-refractivity contribution < 1.29 is 9.13 Å². The number of hydrogen-bond acceptors (Lipinski definition) is 2. The van der Waals surface area contributed by atoms with Gasteiger partial charge in [-0.15, -0.1) is 0 Å². The van der Waals surface area contributed by atoms with Gasteiger partial charge in [-0.25, -0.2) is 4.39 Å². The summed E-state index contributed by atoms with van der Waals surface area (Å²) in [6.45, 7) is 0. The van der Waals surface area contributed by atoms with Crippen molar-refractivity contribution in [1.82, 2.24) is 0 Å². The second kappa shape index (κ2) is 4.22. The number of benzene rings is 1. The molecule has 0 aliphatic heterocycles. The lowest BCUT2D eigenvalue weighted by atomic mass is 10.0. The molecule has 4 heteroatoms. The van der Waals surface area contributed by atoms with Crippen LogP contribution in [0.3, 0.4) is 0 Å². The third-order valence-electron chi connectivity index (χ3n) is 3.07. The lowest BCUT2D eigenvalue weighted by molar-refractivity contribution is 0.406. The molecular weight excluding hydrogens is 229 g/mol. The Hall–Kier alpha value is -0.800. The molecule has 0 amide bonds. The van der Waals surface area contributed by atoms with E-state index in [0.29, 0.717) is 17.2 Å². The Morgan fingerprint density at radius 3 is 2.75 bits per heavy atom. The van der Waals surface area contributed by atoms with Crippen molar-refractivity contribution in [3.63, 3.8) is 0 Å². The average Bonchev–Trinajstić information content (AvgIpc) is 2.94. The lowest BCUT2D eigenvalue weighted by Crippen LogP contribution is -2.22. The first-order valence-corrected chi connectivity index (χ1v) is 5.73. The van der Waals surface area contributed by atoms with E-state index in [0.717, 1.165) is 24.8 Å². The molecule has 1 aromatic carbocycles. The van der Waals surface area contributed by atoms with E-state index in [1.165, 1.54) is 19.2 Å². The highest BCUT2D eigenvalue weighted by Gasteiger charge is 2.37. The zero-order valence-corrected chi connectivity index (χ0v) is 9.98. The molecule has 0 spiro atoms. The Labute approximate surface area is 99.5 Å². The van der Waals surface area contributed by atoms with Gasteiger partial charge in [0.15, 0.2) is 0 Å². The molecule has 2 rings (SSSR count). The topological polar surface area (TPSA) is 35.2 Å². The summed E-state index contributed by atoms with van der Waals surface area (Å²) in [6, 6.07) is 2.73. The van der Waals surface area contributed by atoms with Crippen LogP contribution in [0.4, 0.5) is 4.39 Å². The molecule has 0 heterocycles. The fourth-order valence-corrected chi connectivity index (χ4v) is 2.12. The van der Waals surface area contributed by atoms with E-state index in [4.69, 9.17) is 22.1 Å². The average molecular weight is 244 g/mol. The Bertz CT molecular complexity index is 404. The van der Waals surface area contributed by atoms with Gasteiger partial charge in [0, 0.05) is 5.54 Å². The first-order valence-electron chi connectivity index (χ1n) is 5.35. The van der Waals surface area contributed by atoms with Gasteiger partial charge >= 0.3 is 0 Å². The van der Waals surface area contributed by atoms with Crippen molar-refractivity contribution in [2.75, 3.05) is 7.11 Å². The van der Waals surface area contributed by atoms with Crippen LogP contribution >= 0.6 is 11.6 Å². The third kappa shape index (κ3) is 2.47. The van der Waals surface area contributed by atoms with Gasteiger partial charge < -0.3 is 10.5 Å². The zero-order valence-electron chi connectivity index (χ0n) is 9.22. The maximum Gasteiger partial charge on any atom is 0.140 e. The van der Waals surface area contributed by atoms with Gasteiger partial charge in [0.1, 0.15) is 11.6 Å². The summed E-state index contributed by atoms with van der Waals surface area (Å²) in [6.07, 6.45) is 3.66. The van der Waals surface area contributed by atoms with Crippen LogP contribution in [0.15, 0.2) is 12.1 Å². The molecule has 0 bridgehead atoms. The monoisotopic (exact) mass is 243 g/mol. The maximum absolute atomic E-state index is 13.2. The summed E-state index contributed by atoms with van der Waals surface area (Å²) in [7, 11) is 1.54. The van der Waals surface area contributed by atoms with E-state index in [-0.39, 0.29) is 11.4 Å². The molecule has 88 valence electrons. The summed E-state index contributed by atoms with van der Waals surface area (Å²) in [5.41, 5.74) is 6.75. The van der Waals surface area contributed by atoms with Gasteiger partial charge in [-0.3, -0.25) is 0 Å². The fourth-order valence-electron chi connectivity index (χ4n) is 1.82. The summed E-state index contributed by atoms with van der Waals surface area (Å²) in [5.74, 6) is 0.231. The fraction of sp³-hybridized carbons (Fsp3) is 0.500. The van der Waals surface area contributed by atoms with Gasteiger partial charge in [-0.05, 0) is 43.4 Å². The smallest absolute Gasteiger partial charge is 0.140 e. The van der Waals surface area contributed by atoms with Crippen LogP contribution in [0.25, 0.3) is 0 Å². The Kier molecular flexibility index (Phi) is 3.08. The van der Waals surface area contributed by atoms with E-state index in [1.54, 1.807) is 0 Å². The summed E-state index contributed by atoms with van der Waals surface area (Å²) in [5, 5.41) is 0.319. The number of halogens is 2. The van der Waals surface area contributed by atoms with E-state index in [2.05, 4.69) is 0 Å². The summed E-state index contributed by atoms with van der Waals surface area (Å²) in [4.78, 5) is 0. The highest BCUT2D eigenvalue weighted by molar-refractivity contribution is 6.32. The maximum atomic E-state index is 13.2. The van der Waals surface area contributed by atoms with E-state index >= 15 is 0 Å². The number of hydrogen-bond donors (Lipinski definition) is 1. The SMILES string of the molecule is COc1c(Cl)cc(F)cc1CCC1(N)CC1. The quantitative estimate of drug-likeness (QED) is 0.883. The molecule has 0 atom stereocenters. The number of aryl methyl sites for hydroxylation is 1. The second-order valence-corrected chi connectivity index (χ2v) is 4.85. The van der Waals surface area contributed by atoms with E-state index < -0.39 is 0 Å². The number of rotatable bonds is 4. The first kappa shape index (κ1) is 11.7. The van der Waals surface area contributed by atoms with Crippen LogP contribution in [0.5, 0.6) is 5.75 Å². The molecular formula is C12H15ClFNO. The summed E-state index contributed by atoms with van der Waals surface area (Å²) >= 11 is 5.90. The standard InChI is InChI=1S/C12H15ClFNO/c1-16-11-8(2-3-12(15)4-5-12)6-9(14)7-10(11)13/h6-7H,2-5,15H2,1H3. The molecule has 1 aliphatic rings. The number of methoxy groups -OCH3 is 1. The van der Waals surface area contributed by atoms with Crippen LogP contribution in [0.2, 0.25) is 5.02 Å². The highest BCUT2D eigenvalue weighted by atomic mass is 35.5. The van der Waals surface area contributed by atoms with Crippen molar-refractivity contribution in [1.29, 1.82) is 0 Å². The van der Waals surface area contributed by atoms with Gasteiger partial charge in [-0.1, -0.05) is 11.6 Å². The molecule has 1 fully saturated rings. The molecule has 0 radical (unpaired) electrons. The van der Waals surface area contributed by atoms with E-state index in [9.17, 15) is 4.39 Å². The minimum absolute atomic E-state index is 0.0379. The zero-order chi connectivity index (χ0) is 11.8. The van der Waals surface area contributed by atoms with Crippen molar-refractivity contribution in [3.05, 3.63) is 28.5 Å². The van der Waals surface area contributed by atoms with Gasteiger partial charge in [0.25, 0.3) is 0 Å². The molecule has 1 aliphatic carbocycles. The molecule has 1 saturated carbocycles. The molecule has 1 aromatic rings. The molecule has 2 N–H and O–H groups in total. The Morgan fingerprint density at radius 1 is 1.50 bits per heavy atom. The van der Waals surface area contributed by atoms with E-state index in [1.807, 2.05) is 0 Å². The molecule has 2 nitrogen and oxygen atoms in total. The predicted molar refractivity (Wildman–Crippen MR) is 62.4 cm³/mol. The number of nitrogens with two attached hydrogens (primary N) is 1. The predicted octanol–water partition coefficient (Wildman–Crippen LogP) is 2.91. The number of ether oxygens (including phenoxy) is 1. The van der Waals surface area contributed by atoms with Crippen LogP contribution in [0.1, 0.15) is 24.8 Å². The second-order valence-electron chi connectivity index (χ2n) is 4.44. The van der Waals surface area contributed by atoms with Crippen molar-refractivity contribution in [2.24, 2.45) is 5.73 Å². The van der Waals surface area contributed by atoms with Gasteiger partial charge in [0.2, 0.25) is 0 Å². The van der Waals surface area contributed by atoms with Crippen molar-refractivity contribution in [2.45, 2.75) is 31.2 Å². The van der Waals surface area contributed by atoms with Crippen LogP contribution < -0.4 is 10.5 Å². The van der Waals surface area contributed by atoms with Crippen LogP contribution in [0, 0.1) is 5.82 Å². The third-order valence-corrected chi connectivity index (χ3v) is 3.35. The highest BCUT2D eigenvalue weighted by Crippen LogP contribution is 2.38. The summed E-state index contributed by atoms with van der Waals surface area (Å²) < 4.78 is 18.4. The molecule has 0 saturated heterocycles. The van der Waals surface area contributed by atoms with Crippen LogP contribution in [-0.4, -0.2) is 12.6 Å². The van der Waals surface area contributed by atoms with Crippen molar-refractivity contribution >= 4 is 11.6 Å². The minimum atomic E-state index is -0.331. The molecule has 0 aromatic heterocycles. The minimum Gasteiger partial charge on any atom is -0.495 e. The molecule has 16 heavy (non-hydrogen) atoms. The Morgan fingerprint density at radius 2 is 2.19 bits per heavy atom. The largest absolute Gasteiger partial charge is 0.495 e. The molecule has 0 unspecified atom stereocenters. The normalized spacial score (nSPS) is 17.2. The lowest BCUT2D eigenvalue weighted by Gasteiger charge is -2.13. The van der Waals surface area contributed by atoms with Crippen molar-refractivity contribution in [3.8, 4) is 5.75 Å². The van der Waals surface area contributed by atoms with Gasteiger partial charge in [0.05, 0.1) is 12.1 Å².